The molecule has 0 spiro atoms. The maximum absolute atomic E-state index is 12.2. The molecule has 23 heavy (non-hydrogen) atoms. The van der Waals surface area contributed by atoms with Crippen LogP contribution in [0, 0.1) is 0 Å². The lowest BCUT2D eigenvalue weighted by Crippen LogP contribution is -2.16. The zero-order valence-electron chi connectivity index (χ0n) is 13.5. The van der Waals surface area contributed by atoms with E-state index in [2.05, 4.69) is 19.2 Å². The first-order valence-corrected chi connectivity index (χ1v) is 9.34. The molecule has 0 aromatic heterocycles. The molecule has 0 unspecified atom stereocenters. The maximum Gasteiger partial charge on any atom is 0.228 e. The number of hydrogen-bond donors (Lipinski definition) is 1. The van der Waals surface area contributed by atoms with Crippen LogP contribution >= 0.6 is 0 Å². The standard InChI is InChI=1S/C18H21NO3S/c1-13(2)16-6-4-5-7-17(16)19-18(20)12-14-8-10-15(11-9-14)23(3,21)22/h4-11,13H,12H2,1-3H3,(H,19,20). The number of hydrogen-bond acceptors (Lipinski definition) is 3. The van der Waals surface area contributed by atoms with Crippen LogP contribution in [0.15, 0.2) is 53.4 Å². The lowest BCUT2D eigenvalue weighted by atomic mass is 10.0. The molecule has 0 aliphatic carbocycles. The van der Waals surface area contributed by atoms with Crippen molar-refractivity contribution < 1.29 is 13.2 Å². The molecule has 1 N–H and O–H groups in total. The van der Waals surface area contributed by atoms with Crippen molar-refractivity contribution in [1.29, 1.82) is 0 Å². The summed E-state index contributed by atoms with van der Waals surface area (Å²) >= 11 is 0. The third-order valence-corrected chi connectivity index (χ3v) is 4.70. The van der Waals surface area contributed by atoms with Crippen molar-refractivity contribution in [2.45, 2.75) is 31.1 Å². The molecule has 5 heteroatoms. The van der Waals surface area contributed by atoms with Crippen molar-refractivity contribution in [3.05, 3.63) is 59.7 Å². The molecule has 2 rings (SSSR count). The number of anilines is 1. The van der Waals surface area contributed by atoms with E-state index in [1.807, 2.05) is 24.3 Å². The summed E-state index contributed by atoms with van der Waals surface area (Å²) in [5, 5.41) is 2.93. The van der Waals surface area contributed by atoms with Gasteiger partial charge in [0.05, 0.1) is 11.3 Å². The van der Waals surface area contributed by atoms with Crippen LogP contribution in [-0.4, -0.2) is 20.6 Å². The predicted octanol–water partition coefficient (Wildman–Crippen LogP) is 3.39. The molecule has 0 atom stereocenters. The van der Waals surface area contributed by atoms with E-state index in [0.29, 0.717) is 5.92 Å². The molecule has 2 aromatic rings. The predicted molar refractivity (Wildman–Crippen MR) is 92.4 cm³/mol. The van der Waals surface area contributed by atoms with Gasteiger partial charge in [-0.2, -0.15) is 0 Å². The van der Waals surface area contributed by atoms with Crippen LogP contribution in [0.25, 0.3) is 0 Å². The molecule has 1 amide bonds. The molecular formula is C18H21NO3S. The molecule has 2 aromatic carbocycles. The number of rotatable bonds is 5. The fourth-order valence-corrected chi connectivity index (χ4v) is 2.98. The SMILES string of the molecule is CC(C)c1ccccc1NC(=O)Cc1ccc(S(C)(=O)=O)cc1. The second kappa shape index (κ2) is 6.96. The summed E-state index contributed by atoms with van der Waals surface area (Å²) < 4.78 is 22.9. The van der Waals surface area contributed by atoms with Crippen LogP contribution in [0.1, 0.15) is 30.9 Å². The summed E-state index contributed by atoms with van der Waals surface area (Å²) in [5.74, 6) is 0.200. The third kappa shape index (κ3) is 4.66. The summed E-state index contributed by atoms with van der Waals surface area (Å²) in [6, 6.07) is 14.1. The van der Waals surface area contributed by atoms with E-state index >= 15 is 0 Å². The highest BCUT2D eigenvalue weighted by atomic mass is 32.2. The van der Waals surface area contributed by atoms with Crippen molar-refractivity contribution in [1.82, 2.24) is 0 Å². The Kier molecular flexibility index (Phi) is 5.21. The van der Waals surface area contributed by atoms with Crippen LogP contribution < -0.4 is 5.32 Å². The van der Waals surface area contributed by atoms with Gasteiger partial charge in [-0.25, -0.2) is 8.42 Å². The molecule has 0 saturated carbocycles. The Morgan fingerprint density at radius 2 is 1.65 bits per heavy atom. The third-order valence-electron chi connectivity index (χ3n) is 3.57. The number of amides is 1. The van der Waals surface area contributed by atoms with Crippen LogP contribution in [0.3, 0.4) is 0 Å². The number of carbonyl (C=O) groups is 1. The highest BCUT2D eigenvalue weighted by molar-refractivity contribution is 7.90. The van der Waals surface area contributed by atoms with Crippen LogP contribution in [0.4, 0.5) is 5.69 Å². The largest absolute Gasteiger partial charge is 0.326 e. The summed E-state index contributed by atoms with van der Waals surface area (Å²) in [6.07, 6.45) is 1.37. The van der Waals surface area contributed by atoms with Crippen molar-refractivity contribution in [3.63, 3.8) is 0 Å². The summed E-state index contributed by atoms with van der Waals surface area (Å²) in [4.78, 5) is 12.5. The Balaban J connectivity index is 2.09. The average molecular weight is 331 g/mol. The molecule has 0 heterocycles. The zero-order chi connectivity index (χ0) is 17.0. The topological polar surface area (TPSA) is 63.2 Å². The number of sulfone groups is 1. The Bertz CT molecular complexity index is 793. The minimum absolute atomic E-state index is 0.120. The van der Waals surface area contributed by atoms with Crippen molar-refractivity contribution in [2.24, 2.45) is 0 Å². The van der Waals surface area contributed by atoms with E-state index in [1.165, 1.54) is 12.1 Å². The van der Waals surface area contributed by atoms with Gasteiger partial charge in [0.2, 0.25) is 5.91 Å². The van der Waals surface area contributed by atoms with Gasteiger partial charge in [0.15, 0.2) is 9.84 Å². The summed E-state index contributed by atoms with van der Waals surface area (Å²) in [6.45, 7) is 4.16. The summed E-state index contributed by atoms with van der Waals surface area (Å²) in [5.41, 5.74) is 2.69. The Hall–Kier alpha value is -2.14. The fraction of sp³-hybridized carbons (Fsp3) is 0.278. The van der Waals surface area contributed by atoms with E-state index in [1.54, 1.807) is 12.1 Å². The van der Waals surface area contributed by atoms with Crippen LogP contribution in [0.5, 0.6) is 0 Å². The smallest absolute Gasteiger partial charge is 0.228 e. The van der Waals surface area contributed by atoms with Gasteiger partial charge in [-0.15, -0.1) is 0 Å². The first-order valence-electron chi connectivity index (χ1n) is 7.45. The van der Waals surface area contributed by atoms with Gasteiger partial charge in [-0.05, 0) is 35.2 Å². The van der Waals surface area contributed by atoms with Gasteiger partial charge in [0.25, 0.3) is 0 Å². The number of carbonyl (C=O) groups excluding carboxylic acids is 1. The molecule has 4 nitrogen and oxygen atoms in total. The normalized spacial score (nSPS) is 11.5. The maximum atomic E-state index is 12.2. The Morgan fingerprint density at radius 1 is 1.04 bits per heavy atom. The molecule has 0 fully saturated rings. The van der Waals surface area contributed by atoms with Crippen LogP contribution in [0.2, 0.25) is 0 Å². The van der Waals surface area contributed by atoms with Gasteiger partial charge < -0.3 is 5.32 Å². The lowest BCUT2D eigenvalue weighted by Gasteiger charge is -2.13. The molecule has 0 bridgehead atoms. The first-order chi connectivity index (χ1) is 10.8. The minimum atomic E-state index is -3.21. The van der Waals surface area contributed by atoms with Gasteiger partial charge in [-0.1, -0.05) is 44.2 Å². The number of para-hydroxylation sites is 1. The second-order valence-electron chi connectivity index (χ2n) is 5.88. The monoisotopic (exact) mass is 331 g/mol. The van der Waals surface area contributed by atoms with E-state index in [-0.39, 0.29) is 17.2 Å². The molecule has 122 valence electrons. The van der Waals surface area contributed by atoms with E-state index < -0.39 is 9.84 Å². The second-order valence-corrected chi connectivity index (χ2v) is 7.90. The Labute approximate surface area is 137 Å². The molecular weight excluding hydrogens is 310 g/mol. The highest BCUT2D eigenvalue weighted by Crippen LogP contribution is 2.23. The van der Waals surface area contributed by atoms with Gasteiger partial charge >= 0.3 is 0 Å². The lowest BCUT2D eigenvalue weighted by molar-refractivity contribution is -0.115. The molecule has 0 aliphatic rings. The average Bonchev–Trinajstić information content (AvgIpc) is 2.47. The highest BCUT2D eigenvalue weighted by Gasteiger charge is 2.11. The molecule has 0 aliphatic heterocycles. The zero-order valence-corrected chi connectivity index (χ0v) is 14.4. The summed E-state index contributed by atoms with van der Waals surface area (Å²) in [7, 11) is -3.21. The van der Waals surface area contributed by atoms with Crippen molar-refractivity contribution in [3.8, 4) is 0 Å². The van der Waals surface area contributed by atoms with E-state index in [0.717, 1.165) is 23.1 Å². The van der Waals surface area contributed by atoms with Gasteiger partial charge in [0.1, 0.15) is 0 Å². The van der Waals surface area contributed by atoms with E-state index in [4.69, 9.17) is 0 Å². The quantitative estimate of drug-likeness (QED) is 0.913. The minimum Gasteiger partial charge on any atom is -0.326 e. The van der Waals surface area contributed by atoms with Crippen LogP contribution in [-0.2, 0) is 21.1 Å². The number of nitrogens with one attached hydrogen (secondary N) is 1. The van der Waals surface area contributed by atoms with E-state index in [9.17, 15) is 13.2 Å². The van der Waals surface area contributed by atoms with Gasteiger partial charge in [-0.3, -0.25) is 4.79 Å². The van der Waals surface area contributed by atoms with Gasteiger partial charge in [0, 0.05) is 11.9 Å². The van der Waals surface area contributed by atoms with Crippen molar-refractivity contribution in [2.75, 3.05) is 11.6 Å². The number of benzene rings is 2. The first kappa shape index (κ1) is 17.2. The molecule has 0 radical (unpaired) electrons. The fourth-order valence-electron chi connectivity index (χ4n) is 2.35. The molecule has 0 saturated heterocycles. The Morgan fingerprint density at radius 3 is 2.22 bits per heavy atom. The van der Waals surface area contributed by atoms with Crippen molar-refractivity contribution >= 4 is 21.4 Å².